The zero-order chi connectivity index (χ0) is 17.4. The number of para-hydroxylation sites is 1. The summed E-state index contributed by atoms with van der Waals surface area (Å²) in [6, 6.07) is 11.6. The second kappa shape index (κ2) is 6.18. The van der Waals surface area contributed by atoms with Crippen molar-refractivity contribution in [2.45, 2.75) is 6.61 Å². The summed E-state index contributed by atoms with van der Waals surface area (Å²) < 4.78 is 30.6. The van der Waals surface area contributed by atoms with Crippen molar-refractivity contribution >= 4 is 39.8 Å². The standard InChI is InChI=1S/C17H11ClF2N4O/c18-12-2-1-3-13-14(12)24-9-8-21-16(24)15(23-13)22-10-4-6-11(7-5-10)25-17(19)20/h1-9,17H,(H,22,23). The average Bonchev–Trinajstić information content (AvgIpc) is 3.06. The molecule has 0 amide bonds. The lowest BCUT2D eigenvalue weighted by molar-refractivity contribution is -0.0498. The number of hydrogen-bond donors (Lipinski definition) is 1. The number of nitrogens with one attached hydrogen (secondary N) is 1. The first-order valence-electron chi connectivity index (χ1n) is 7.35. The molecule has 0 atom stereocenters. The van der Waals surface area contributed by atoms with Gasteiger partial charge in [0.25, 0.3) is 0 Å². The summed E-state index contributed by atoms with van der Waals surface area (Å²) in [5.74, 6) is 0.618. The predicted molar refractivity (Wildman–Crippen MR) is 91.9 cm³/mol. The molecule has 0 aliphatic rings. The van der Waals surface area contributed by atoms with Crippen LogP contribution < -0.4 is 10.1 Å². The van der Waals surface area contributed by atoms with Gasteiger partial charge in [-0.2, -0.15) is 8.78 Å². The van der Waals surface area contributed by atoms with Crippen LogP contribution in [0.15, 0.2) is 54.9 Å². The zero-order valence-corrected chi connectivity index (χ0v) is 13.4. The molecule has 126 valence electrons. The second-order valence-corrected chi connectivity index (χ2v) is 5.62. The maximum Gasteiger partial charge on any atom is 0.387 e. The molecule has 2 aromatic carbocycles. The number of halogens is 3. The van der Waals surface area contributed by atoms with Gasteiger partial charge in [0.15, 0.2) is 11.5 Å². The Morgan fingerprint density at radius 2 is 1.92 bits per heavy atom. The van der Waals surface area contributed by atoms with E-state index >= 15 is 0 Å². The van der Waals surface area contributed by atoms with Gasteiger partial charge >= 0.3 is 6.61 Å². The highest BCUT2D eigenvalue weighted by Gasteiger charge is 2.12. The summed E-state index contributed by atoms with van der Waals surface area (Å²) in [6.45, 7) is -2.85. The number of alkyl halides is 2. The van der Waals surface area contributed by atoms with E-state index in [9.17, 15) is 8.78 Å². The molecule has 1 N–H and O–H groups in total. The minimum Gasteiger partial charge on any atom is -0.435 e. The quantitative estimate of drug-likeness (QED) is 0.563. The number of imidazole rings is 1. The lowest BCUT2D eigenvalue weighted by Gasteiger charge is -2.11. The minimum absolute atomic E-state index is 0.0877. The number of anilines is 2. The van der Waals surface area contributed by atoms with Crippen molar-refractivity contribution in [1.29, 1.82) is 0 Å². The molecule has 5 nitrogen and oxygen atoms in total. The van der Waals surface area contributed by atoms with E-state index < -0.39 is 6.61 Å². The molecule has 0 saturated heterocycles. The van der Waals surface area contributed by atoms with E-state index in [1.807, 2.05) is 16.5 Å². The van der Waals surface area contributed by atoms with Crippen LogP contribution in [0, 0.1) is 0 Å². The van der Waals surface area contributed by atoms with Crippen molar-refractivity contribution in [1.82, 2.24) is 14.4 Å². The van der Waals surface area contributed by atoms with E-state index in [1.54, 1.807) is 30.6 Å². The van der Waals surface area contributed by atoms with E-state index in [0.717, 1.165) is 5.52 Å². The number of fused-ring (bicyclic) bond motifs is 3. The van der Waals surface area contributed by atoms with E-state index in [4.69, 9.17) is 11.6 Å². The average molecular weight is 361 g/mol. The molecule has 0 saturated carbocycles. The zero-order valence-electron chi connectivity index (χ0n) is 12.7. The van der Waals surface area contributed by atoms with Crippen molar-refractivity contribution in [2.75, 3.05) is 5.32 Å². The van der Waals surface area contributed by atoms with Crippen LogP contribution in [-0.2, 0) is 0 Å². The number of aromatic nitrogens is 3. The molecule has 0 spiro atoms. The van der Waals surface area contributed by atoms with Gasteiger partial charge in [-0.1, -0.05) is 17.7 Å². The van der Waals surface area contributed by atoms with Crippen LogP contribution >= 0.6 is 11.6 Å². The third-order valence-corrected chi connectivity index (χ3v) is 3.94. The molecule has 0 radical (unpaired) electrons. The first-order valence-corrected chi connectivity index (χ1v) is 7.73. The lowest BCUT2D eigenvalue weighted by atomic mass is 10.3. The largest absolute Gasteiger partial charge is 0.435 e. The van der Waals surface area contributed by atoms with Crippen LogP contribution in [-0.4, -0.2) is 21.0 Å². The number of benzene rings is 2. The van der Waals surface area contributed by atoms with Gasteiger partial charge in [-0.3, -0.25) is 4.40 Å². The summed E-state index contributed by atoms with van der Waals surface area (Å²) in [5, 5.41) is 3.72. The maximum absolute atomic E-state index is 12.2. The molecular weight excluding hydrogens is 350 g/mol. The summed E-state index contributed by atoms with van der Waals surface area (Å²) in [6.07, 6.45) is 3.46. The molecule has 0 unspecified atom stereocenters. The fourth-order valence-electron chi connectivity index (χ4n) is 2.60. The first kappa shape index (κ1) is 15.6. The Kier molecular flexibility index (Phi) is 3.85. The van der Waals surface area contributed by atoms with Crippen LogP contribution in [0.25, 0.3) is 16.7 Å². The Hall–Kier alpha value is -2.93. The van der Waals surface area contributed by atoms with Crippen LogP contribution in [0.3, 0.4) is 0 Å². The number of nitrogens with zero attached hydrogens (tertiary/aromatic N) is 3. The second-order valence-electron chi connectivity index (χ2n) is 5.22. The van der Waals surface area contributed by atoms with Gasteiger partial charge in [0.1, 0.15) is 5.75 Å². The monoisotopic (exact) mass is 360 g/mol. The molecule has 0 bridgehead atoms. The van der Waals surface area contributed by atoms with Gasteiger partial charge in [0.05, 0.1) is 16.1 Å². The summed E-state index contributed by atoms with van der Waals surface area (Å²) in [4.78, 5) is 8.89. The number of rotatable bonds is 4. The Bertz CT molecular complexity index is 1050. The van der Waals surface area contributed by atoms with Crippen molar-refractivity contribution < 1.29 is 13.5 Å². The molecule has 0 aliphatic heterocycles. The SMILES string of the molecule is FC(F)Oc1ccc(Nc2nc3cccc(Cl)c3n3ccnc23)cc1. The molecule has 4 rings (SSSR count). The number of hydrogen-bond acceptors (Lipinski definition) is 4. The summed E-state index contributed by atoms with van der Waals surface area (Å²) in [5.41, 5.74) is 2.75. The van der Waals surface area contributed by atoms with Gasteiger partial charge < -0.3 is 10.1 Å². The van der Waals surface area contributed by atoms with Crippen molar-refractivity contribution in [2.24, 2.45) is 0 Å². The molecule has 4 aromatic rings. The van der Waals surface area contributed by atoms with Gasteiger partial charge in [0.2, 0.25) is 0 Å². The topological polar surface area (TPSA) is 51.5 Å². The van der Waals surface area contributed by atoms with E-state index in [2.05, 4.69) is 20.0 Å². The van der Waals surface area contributed by atoms with Crippen LogP contribution in [0.2, 0.25) is 5.02 Å². The fourth-order valence-corrected chi connectivity index (χ4v) is 2.86. The van der Waals surface area contributed by atoms with Gasteiger partial charge in [0, 0.05) is 18.1 Å². The highest BCUT2D eigenvalue weighted by atomic mass is 35.5. The van der Waals surface area contributed by atoms with Crippen LogP contribution in [0.1, 0.15) is 0 Å². The van der Waals surface area contributed by atoms with Crippen LogP contribution in [0.5, 0.6) is 5.75 Å². The lowest BCUT2D eigenvalue weighted by Crippen LogP contribution is -2.02. The van der Waals surface area contributed by atoms with E-state index in [-0.39, 0.29) is 5.75 Å². The Morgan fingerprint density at radius 1 is 1.12 bits per heavy atom. The summed E-state index contributed by atoms with van der Waals surface area (Å²) >= 11 is 6.28. The Morgan fingerprint density at radius 3 is 2.68 bits per heavy atom. The molecule has 0 fully saturated rings. The molecule has 25 heavy (non-hydrogen) atoms. The third kappa shape index (κ3) is 2.94. The highest BCUT2D eigenvalue weighted by molar-refractivity contribution is 6.35. The summed E-state index contributed by atoms with van der Waals surface area (Å²) in [7, 11) is 0. The Labute approximate surface area is 145 Å². The molecule has 0 aliphatic carbocycles. The van der Waals surface area contributed by atoms with Crippen molar-refractivity contribution in [3.8, 4) is 5.75 Å². The highest BCUT2D eigenvalue weighted by Crippen LogP contribution is 2.28. The van der Waals surface area contributed by atoms with Gasteiger partial charge in [-0.15, -0.1) is 0 Å². The van der Waals surface area contributed by atoms with E-state index in [0.29, 0.717) is 27.7 Å². The first-order chi connectivity index (χ1) is 12.1. The normalized spacial score (nSPS) is 11.4. The molecule has 2 heterocycles. The van der Waals surface area contributed by atoms with Gasteiger partial charge in [-0.25, -0.2) is 9.97 Å². The smallest absolute Gasteiger partial charge is 0.387 e. The maximum atomic E-state index is 12.2. The minimum atomic E-state index is -2.85. The molecule has 2 aromatic heterocycles. The van der Waals surface area contributed by atoms with Gasteiger partial charge in [-0.05, 0) is 36.4 Å². The van der Waals surface area contributed by atoms with Crippen molar-refractivity contribution in [3.05, 3.63) is 59.9 Å². The van der Waals surface area contributed by atoms with Crippen LogP contribution in [0.4, 0.5) is 20.3 Å². The molecular formula is C17H11ClF2N4O. The predicted octanol–water partition coefficient (Wildman–Crippen LogP) is 4.88. The number of ether oxygens (including phenoxy) is 1. The van der Waals surface area contributed by atoms with E-state index in [1.165, 1.54) is 12.1 Å². The third-order valence-electron chi connectivity index (χ3n) is 3.63. The fraction of sp³-hybridized carbons (Fsp3) is 0.0588. The van der Waals surface area contributed by atoms with Crippen molar-refractivity contribution in [3.63, 3.8) is 0 Å². The molecule has 8 heteroatoms. The Balaban J connectivity index is 1.75.